The summed E-state index contributed by atoms with van der Waals surface area (Å²) in [4.78, 5) is 17.1. The quantitative estimate of drug-likeness (QED) is 0.221. The van der Waals surface area contributed by atoms with Gasteiger partial charge in [0, 0.05) is 12.3 Å². The predicted molar refractivity (Wildman–Crippen MR) is 125 cm³/mol. The van der Waals surface area contributed by atoms with E-state index in [0.29, 0.717) is 29.5 Å². The lowest BCUT2D eigenvalue weighted by Crippen LogP contribution is -2.09. The third-order valence-corrected chi connectivity index (χ3v) is 4.64. The molecule has 3 aromatic carbocycles. The van der Waals surface area contributed by atoms with Crippen molar-refractivity contribution in [2.45, 2.75) is 13.8 Å². The molecule has 4 rings (SSSR count). The van der Waals surface area contributed by atoms with Crippen LogP contribution in [0.3, 0.4) is 0 Å². The number of hydrogen-bond donors (Lipinski definition) is 0. The molecule has 0 spiro atoms. The van der Waals surface area contributed by atoms with Gasteiger partial charge in [-0.25, -0.2) is 14.5 Å². The zero-order chi connectivity index (χ0) is 22.3. The van der Waals surface area contributed by atoms with Gasteiger partial charge in [0.1, 0.15) is 0 Å². The minimum absolute atomic E-state index is 0.364. The lowest BCUT2D eigenvalue weighted by atomic mass is 10.2. The van der Waals surface area contributed by atoms with Crippen LogP contribution in [-0.2, 0) is 0 Å². The van der Waals surface area contributed by atoms with Crippen molar-refractivity contribution >= 4 is 18.0 Å². The minimum Gasteiger partial charge on any atom is -0.490 e. The van der Waals surface area contributed by atoms with Gasteiger partial charge in [-0.05, 0) is 61.9 Å². The topological polar surface area (TPSA) is 65.7 Å². The third-order valence-electron chi connectivity index (χ3n) is 4.64. The van der Waals surface area contributed by atoms with Gasteiger partial charge in [0.2, 0.25) is 0 Å². The van der Waals surface area contributed by atoms with E-state index < -0.39 is 5.97 Å². The van der Waals surface area contributed by atoms with E-state index in [-0.39, 0.29) is 0 Å². The van der Waals surface area contributed by atoms with Gasteiger partial charge in [0.05, 0.1) is 23.6 Å². The van der Waals surface area contributed by atoms with Crippen molar-refractivity contribution in [1.29, 1.82) is 0 Å². The van der Waals surface area contributed by atoms with Crippen LogP contribution in [0.5, 0.6) is 11.5 Å². The normalized spacial score (nSPS) is 10.9. The van der Waals surface area contributed by atoms with E-state index in [0.717, 1.165) is 16.9 Å². The molecule has 0 atom stereocenters. The fourth-order valence-corrected chi connectivity index (χ4v) is 3.17. The zero-order valence-corrected chi connectivity index (χ0v) is 17.9. The number of aliphatic imine (C=N–C) groups is 1. The molecule has 0 aliphatic rings. The van der Waals surface area contributed by atoms with Crippen LogP contribution in [0.2, 0.25) is 0 Å². The van der Waals surface area contributed by atoms with Crippen molar-refractivity contribution in [1.82, 2.24) is 9.78 Å². The smallest absolute Gasteiger partial charge is 0.343 e. The standard InChI is InChI=1S/C26H23N3O3/c1-3-31-24-17-20(14-15-23(24)32-26(30)21-10-6-4-7-11-21)18-27-25-16-19(2)28-29(25)22-12-8-5-9-13-22/h4-18H,3H2,1-2H3. The van der Waals surface area contributed by atoms with Crippen LogP contribution in [0.25, 0.3) is 5.69 Å². The van der Waals surface area contributed by atoms with Gasteiger partial charge in [-0.1, -0.05) is 36.4 Å². The number of hydrogen-bond acceptors (Lipinski definition) is 5. The molecule has 0 amide bonds. The molecule has 0 aliphatic heterocycles. The van der Waals surface area contributed by atoms with Crippen LogP contribution in [0.1, 0.15) is 28.5 Å². The van der Waals surface area contributed by atoms with E-state index in [2.05, 4.69) is 10.1 Å². The van der Waals surface area contributed by atoms with Crippen LogP contribution in [0.4, 0.5) is 5.82 Å². The summed E-state index contributed by atoms with van der Waals surface area (Å²) in [6.07, 6.45) is 1.74. The highest BCUT2D eigenvalue weighted by molar-refractivity contribution is 5.91. The van der Waals surface area contributed by atoms with Crippen molar-refractivity contribution in [3.8, 4) is 17.2 Å². The fourth-order valence-electron chi connectivity index (χ4n) is 3.17. The van der Waals surface area contributed by atoms with Gasteiger partial charge in [0.15, 0.2) is 17.3 Å². The van der Waals surface area contributed by atoms with Crippen LogP contribution in [0, 0.1) is 6.92 Å². The summed E-state index contributed by atoms with van der Waals surface area (Å²) in [6, 6.07) is 26.0. The summed E-state index contributed by atoms with van der Waals surface area (Å²) >= 11 is 0. The van der Waals surface area contributed by atoms with E-state index in [1.807, 2.05) is 62.4 Å². The SMILES string of the molecule is CCOc1cc(C=Nc2cc(C)nn2-c2ccccc2)ccc1OC(=O)c1ccccc1. The van der Waals surface area contributed by atoms with Crippen molar-refractivity contribution in [2.24, 2.45) is 4.99 Å². The molecular weight excluding hydrogens is 402 g/mol. The Kier molecular flexibility index (Phi) is 6.41. The number of para-hydroxylation sites is 1. The number of benzene rings is 3. The second-order valence-electron chi connectivity index (χ2n) is 7.04. The van der Waals surface area contributed by atoms with Crippen molar-refractivity contribution in [2.75, 3.05) is 6.61 Å². The number of carbonyl (C=O) groups excluding carboxylic acids is 1. The van der Waals surface area contributed by atoms with Crippen LogP contribution in [0.15, 0.2) is 89.9 Å². The molecule has 0 unspecified atom stereocenters. The molecule has 0 saturated carbocycles. The Labute approximate surface area is 186 Å². The molecule has 0 radical (unpaired) electrons. The Morgan fingerprint density at radius 3 is 2.41 bits per heavy atom. The molecule has 6 nitrogen and oxygen atoms in total. The first-order valence-electron chi connectivity index (χ1n) is 10.3. The Hall–Kier alpha value is -4.19. The molecule has 4 aromatic rings. The third kappa shape index (κ3) is 4.92. The predicted octanol–water partition coefficient (Wildman–Crippen LogP) is 5.55. The minimum atomic E-state index is -0.435. The molecule has 0 N–H and O–H groups in total. The van der Waals surface area contributed by atoms with Gasteiger partial charge in [-0.3, -0.25) is 0 Å². The maximum Gasteiger partial charge on any atom is 0.343 e. The van der Waals surface area contributed by atoms with Gasteiger partial charge in [0.25, 0.3) is 0 Å². The number of rotatable bonds is 7. The van der Waals surface area contributed by atoms with Crippen molar-refractivity contribution < 1.29 is 14.3 Å². The molecule has 32 heavy (non-hydrogen) atoms. The molecule has 1 heterocycles. The Bertz CT molecular complexity index is 1230. The molecule has 160 valence electrons. The highest BCUT2D eigenvalue weighted by Crippen LogP contribution is 2.29. The zero-order valence-electron chi connectivity index (χ0n) is 17.9. The number of ether oxygens (including phenoxy) is 2. The molecule has 0 aliphatic carbocycles. The Morgan fingerprint density at radius 2 is 1.69 bits per heavy atom. The first-order valence-corrected chi connectivity index (χ1v) is 10.3. The Morgan fingerprint density at radius 1 is 0.969 bits per heavy atom. The van der Waals surface area contributed by atoms with E-state index >= 15 is 0 Å². The van der Waals surface area contributed by atoms with Gasteiger partial charge in [-0.15, -0.1) is 0 Å². The number of esters is 1. The second-order valence-corrected chi connectivity index (χ2v) is 7.04. The number of aromatic nitrogens is 2. The summed E-state index contributed by atoms with van der Waals surface area (Å²) < 4.78 is 13.1. The average molecular weight is 425 g/mol. The number of nitrogens with zero attached hydrogens (tertiary/aromatic N) is 3. The highest BCUT2D eigenvalue weighted by atomic mass is 16.6. The molecule has 1 aromatic heterocycles. The summed E-state index contributed by atoms with van der Waals surface area (Å²) in [5.41, 5.74) is 3.10. The number of aryl methyl sites for hydroxylation is 1. The summed E-state index contributed by atoms with van der Waals surface area (Å²) in [6.45, 7) is 4.25. The van der Waals surface area contributed by atoms with Crippen LogP contribution < -0.4 is 9.47 Å². The highest BCUT2D eigenvalue weighted by Gasteiger charge is 2.13. The maximum absolute atomic E-state index is 12.4. The molecule has 0 bridgehead atoms. The maximum atomic E-state index is 12.4. The lowest BCUT2D eigenvalue weighted by molar-refractivity contribution is 0.0728. The summed E-state index contributed by atoms with van der Waals surface area (Å²) in [5, 5.41) is 4.54. The van der Waals surface area contributed by atoms with Crippen LogP contribution >= 0.6 is 0 Å². The fraction of sp³-hybridized carbons (Fsp3) is 0.115. The van der Waals surface area contributed by atoms with Gasteiger partial charge < -0.3 is 9.47 Å². The largest absolute Gasteiger partial charge is 0.490 e. The first-order chi connectivity index (χ1) is 15.6. The molecule has 0 saturated heterocycles. The van der Waals surface area contributed by atoms with E-state index in [9.17, 15) is 4.79 Å². The molecule has 6 heteroatoms. The van der Waals surface area contributed by atoms with Gasteiger partial charge >= 0.3 is 5.97 Å². The van der Waals surface area contributed by atoms with Gasteiger partial charge in [-0.2, -0.15) is 5.10 Å². The van der Waals surface area contributed by atoms with E-state index in [4.69, 9.17) is 9.47 Å². The molecular formula is C26H23N3O3. The summed E-state index contributed by atoms with van der Waals surface area (Å²) in [7, 11) is 0. The first kappa shape index (κ1) is 21.1. The van der Waals surface area contributed by atoms with Crippen molar-refractivity contribution in [3.63, 3.8) is 0 Å². The average Bonchev–Trinajstić information content (AvgIpc) is 3.21. The monoisotopic (exact) mass is 425 g/mol. The Balaban J connectivity index is 1.58. The van der Waals surface area contributed by atoms with E-state index in [1.165, 1.54) is 0 Å². The summed E-state index contributed by atoms with van der Waals surface area (Å²) in [5.74, 6) is 1.12. The second kappa shape index (κ2) is 9.75. The molecule has 0 fully saturated rings. The lowest BCUT2D eigenvalue weighted by Gasteiger charge is -2.11. The van der Waals surface area contributed by atoms with E-state index in [1.54, 1.807) is 47.3 Å². The number of carbonyl (C=O) groups is 1. The van der Waals surface area contributed by atoms with Crippen molar-refractivity contribution in [3.05, 3.63) is 102 Å². The van der Waals surface area contributed by atoms with Crippen LogP contribution in [-0.4, -0.2) is 28.6 Å².